The summed E-state index contributed by atoms with van der Waals surface area (Å²) in [6.07, 6.45) is 4.60. The monoisotopic (exact) mass is 757 g/mol. The lowest BCUT2D eigenvalue weighted by atomic mass is 9.82. The summed E-state index contributed by atoms with van der Waals surface area (Å²) in [4.78, 5) is 50.1. The standard InChI is InChI=1S/C34H42Br2N6O4/c1-38-15-17-39(18-16-38)27-9-13-40(14-10-27)34(12-20-43)22-28(41-23-31(37-32(41)44)26-5-3-2-4-6-26)11-19-42(34,33(45)46)24-25-7-8-29(35)30(36)21-25/h2-8,20-21,23,27-28H,9-19,22,24H2,1H3,(H-,37,44,45,46)/p+1/t28?,34?,42-/m0/s1. The fourth-order valence-corrected chi connectivity index (χ4v) is 8.86. The van der Waals surface area contributed by atoms with E-state index >= 15 is 0 Å². The molecule has 0 aliphatic carbocycles. The van der Waals surface area contributed by atoms with Crippen LogP contribution in [-0.4, -0.2) is 111 Å². The van der Waals surface area contributed by atoms with Crippen LogP contribution in [-0.2, 0) is 11.3 Å². The highest BCUT2D eigenvalue weighted by molar-refractivity contribution is 9.13. The van der Waals surface area contributed by atoms with Crippen LogP contribution in [0.15, 0.2) is 68.5 Å². The molecule has 2 unspecified atom stereocenters. The minimum absolute atomic E-state index is 0.0669. The van der Waals surface area contributed by atoms with E-state index in [4.69, 9.17) is 0 Å². The second kappa shape index (κ2) is 13.9. The van der Waals surface area contributed by atoms with Crippen molar-refractivity contribution in [2.45, 2.75) is 56.4 Å². The number of likely N-dealkylation sites (tertiary alicyclic amines) is 2. The molecule has 10 nitrogen and oxygen atoms in total. The average molecular weight is 760 g/mol. The Balaban J connectivity index is 1.38. The van der Waals surface area contributed by atoms with Crippen molar-refractivity contribution in [1.29, 1.82) is 0 Å². The smallest absolute Gasteiger partial charge is 0.435 e. The van der Waals surface area contributed by atoms with Gasteiger partial charge in [0.05, 0.1) is 24.7 Å². The fourth-order valence-electron chi connectivity index (χ4n) is 8.19. The number of carboxylic acid groups (broad SMARTS) is 1. The Bertz CT molecular complexity index is 1600. The molecule has 2 N–H and O–H groups in total. The number of nitrogens with zero attached hydrogens (tertiary/aromatic N) is 5. The molecule has 246 valence electrons. The maximum Gasteiger partial charge on any atom is 0.515 e. The minimum atomic E-state index is -1.03. The molecule has 3 saturated heterocycles. The van der Waals surface area contributed by atoms with Gasteiger partial charge in [0.15, 0.2) is 5.66 Å². The zero-order valence-electron chi connectivity index (χ0n) is 26.3. The number of nitrogens with one attached hydrogen (secondary N) is 1. The van der Waals surface area contributed by atoms with E-state index in [2.05, 4.69) is 58.6 Å². The molecule has 1 amide bonds. The lowest BCUT2D eigenvalue weighted by Crippen LogP contribution is -2.77. The molecule has 3 atom stereocenters. The topological polar surface area (TPSA) is 102 Å². The van der Waals surface area contributed by atoms with Gasteiger partial charge in [0.25, 0.3) is 0 Å². The van der Waals surface area contributed by atoms with Gasteiger partial charge in [0.2, 0.25) is 0 Å². The highest BCUT2D eigenvalue weighted by Gasteiger charge is 2.63. The molecule has 3 aliphatic heterocycles. The van der Waals surface area contributed by atoms with E-state index in [0.717, 1.165) is 71.1 Å². The number of likely N-dealkylation sites (N-methyl/N-ethyl adjacent to an activating group) is 1. The molecule has 3 aromatic rings. The third kappa shape index (κ3) is 6.32. The number of imidazole rings is 1. The van der Waals surface area contributed by atoms with E-state index < -0.39 is 11.8 Å². The zero-order valence-corrected chi connectivity index (χ0v) is 29.5. The molecule has 0 bridgehead atoms. The van der Waals surface area contributed by atoms with E-state index in [0.29, 0.717) is 32.0 Å². The first-order chi connectivity index (χ1) is 22.2. The molecule has 12 heteroatoms. The number of halogens is 2. The third-order valence-corrected chi connectivity index (χ3v) is 12.6. The number of piperazine rings is 1. The van der Waals surface area contributed by atoms with Crippen molar-refractivity contribution in [1.82, 2.24) is 24.3 Å². The Morgan fingerprint density at radius 2 is 1.72 bits per heavy atom. The van der Waals surface area contributed by atoms with Crippen LogP contribution in [0.3, 0.4) is 0 Å². The Morgan fingerprint density at radius 1 is 1.00 bits per heavy atom. The highest BCUT2D eigenvalue weighted by Crippen LogP contribution is 2.47. The summed E-state index contributed by atoms with van der Waals surface area (Å²) in [5.74, 6) is 0. The van der Waals surface area contributed by atoms with Crippen LogP contribution in [0.25, 0.3) is 11.3 Å². The summed E-state index contributed by atoms with van der Waals surface area (Å²) in [5.41, 5.74) is 1.26. The molecule has 46 heavy (non-hydrogen) atoms. The molecule has 3 aliphatic rings. The average Bonchev–Trinajstić information content (AvgIpc) is 3.46. The molecule has 0 radical (unpaired) electrons. The first-order valence-corrected chi connectivity index (χ1v) is 17.8. The predicted octanol–water partition coefficient (Wildman–Crippen LogP) is 5.40. The van der Waals surface area contributed by atoms with Crippen molar-refractivity contribution in [2.24, 2.45) is 0 Å². The number of quaternary nitrogens is 1. The van der Waals surface area contributed by atoms with E-state index in [-0.39, 0.29) is 35.7 Å². The third-order valence-electron chi connectivity index (χ3n) is 10.7. The number of rotatable bonds is 8. The van der Waals surface area contributed by atoms with Crippen molar-refractivity contribution in [3.63, 3.8) is 0 Å². The van der Waals surface area contributed by atoms with Crippen molar-refractivity contribution in [3.8, 4) is 11.3 Å². The molecular formula is C34H43Br2N6O4+. The first-order valence-electron chi connectivity index (χ1n) is 16.2. The van der Waals surface area contributed by atoms with Gasteiger partial charge in [-0.25, -0.2) is 9.28 Å². The molecule has 0 spiro atoms. The summed E-state index contributed by atoms with van der Waals surface area (Å²) in [5, 5.41) is 11.2. The number of hydrogen-bond acceptors (Lipinski definition) is 6. The Hall–Kier alpha value is -2.61. The largest absolute Gasteiger partial charge is 0.515 e. The first kappa shape index (κ1) is 33.3. The van der Waals surface area contributed by atoms with Gasteiger partial charge >= 0.3 is 11.8 Å². The van der Waals surface area contributed by atoms with Crippen molar-refractivity contribution < 1.29 is 19.2 Å². The number of H-pyrrole nitrogens is 1. The quantitative estimate of drug-likeness (QED) is 0.235. The Kier molecular flexibility index (Phi) is 10.0. The van der Waals surface area contributed by atoms with Gasteiger partial charge in [0.1, 0.15) is 12.8 Å². The molecule has 0 saturated carbocycles. The van der Waals surface area contributed by atoms with Crippen molar-refractivity contribution >= 4 is 44.2 Å². The van der Waals surface area contributed by atoms with Crippen LogP contribution in [0.4, 0.5) is 4.79 Å². The number of aromatic nitrogens is 2. The van der Waals surface area contributed by atoms with Crippen molar-refractivity contribution in [2.75, 3.05) is 52.9 Å². The van der Waals surface area contributed by atoms with E-state index in [1.54, 1.807) is 4.57 Å². The molecule has 1 aromatic heterocycles. The normalized spacial score (nSPS) is 27.1. The number of piperidine rings is 2. The highest BCUT2D eigenvalue weighted by atomic mass is 79.9. The summed E-state index contributed by atoms with van der Waals surface area (Å²) in [7, 11) is 2.16. The second-order valence-electron chi connectivity index (χ2n) is 13.2. The van der Waals surface area contributed by atoms with Gasteiger partial charge in [-0.1, -0.05) is 36.4 Å². The number of hydrogen-bond donors (Lipinski definition) is 2. The SMILES string of the molecule is CN1CCN(C2CCN(C3(CC=O)CC(n4cc(-c5ccccc5)[nH]c4=O)CC[N@+]3(Cc3ccc(Br)c(Br)c3)C(=O)O)CC2)CC1. The van der Waals surface area contributed by atoms with Crippen LogP contribution >= 0.6 is 31.9 Å². The summed E-state index contributed by atoms with van der Waals surface area (Å²) < 4.78 is 3.21. The zero-order chi connectivity index (χ0) is 32.5. The van der Waals surface area contributed by atoms with Crippen molar-refractivity contribution in [3.05, 3.63) is 79.7 Å². The molecule has 3 fully saturated rings. The van der Waals surface area contributed by atoms with Gasteiger partial charge in [0, 0.05) is 78.9 Å². The van der Waals surface area contributed by atoms with Gasteiger partial charge < -0.3 is 19.8 Å². The number of carbonyl (C=O) groups excluding carboxylic acids is 1. The number of aromatic amines is 1. The molecular weight excluding hydrogens is 716 g/mol. The second-order valence-corrected chi connectivity index (χ2v) is 14.9. The van der Waals surface area contributed by atoms with Crippen LogP contribution in [0.5, 0.6) is 0 Å². The molecule has 4 heterocycles. The number of carbonyl (C=O) groups is 2. The van der Waals surface area contributed by atoms with Crippen LogP contribution in [0.2, 0.25) is 0 Å². The molecule has 2 aromatic carbocycles. The van der Waals surface area contributed by atoms with Crippen LogP contribution < -0.4 is 5.69 Å². The van der Waals surface area contributed by atoms with E-state index in [1.807, 2.05) is 54.7 Å². The van der Waals surface area contributed by atoms with Crippen LogP contribution in [0, 0.1) is 0 Å². The maximum absolute atomic E-state index is 13.7. The summed E-state index contributed by atoms with van der Waals surface area (Å²) in [6.45, 7) is 6.10. The summed E-state index contributed by atoms with van der Waals surface area (Å²) in [6, 6.07) is 15.8. The lowest BCUT2D eigenvalue weighted by molar-refractivity contribution is -0.942. The fraction of sp³-hybridized carbons (Fsp3) is 0.500. The Morgan fingerprint density at radius 3 is 2.37 bits per heavy atom. The van der Waals surface area contributed by atoms with Gasteiger partial charge in [-0.05, 0) is 69.4 Å². The van der Waals surface area contributed by atoms with Gasteiger partial charge in [-0.15, -0.1) is 0 Å². The Labute approximate surface area is 286 Å². The predicted molar refractivity (Wildman–Crippen MR) is 185 cm³/mol. The van der Waals surface area contributed by atoms with E-state index in [9.17, 15) is 19.5 Å². The number of benzene rings is 2. The van der Waals surface area contributed by atoms with Crippen LogP contribution in [0.1, 0.15) is 43.7 Å². The maximum atomic E-state index is 13.7. The molecule has 6 rings (SSSR count). The summed E-state index contributed by atoms with van der Waals surface area (Å²) >= 11 is 7.14. The van der Waals surface area contributed by atoms with Gasteiger partial charge in [-0.3, -0.25) is 14.4 Å². The number of aldehydes is 1. The lowest BCUT2D eigenvalue weighted by Gasteiger charge is -2.58. The number of amides is 1. The minimum Gasteiger partial charge on any atom is -0.435 e. The van der Waals surface area contributed by atoms with Gasteiger partial charge in [-0.2, -0.15) is 4.79 Å². The van der Waals surface area contributed by atoms with E-state index in [1.165, 1.54) is 0 Å².